The Morgan fingerprint density at radius 3 is 2.13 bits per heavy atom. The third kappa shape index (κ3) is 3.13. The van der Waals surface area contributed by atoms with Crippen LogP contribution in [0.5, 0.6) is 0 Å². The van der Waals surface area contributed by atoms with Crippen molar-refractivity contribution in [3.8, 4) is 0 Å². The van der Waals surface area contributed by atoms with Crippen LogP contribution in [-0.2, 0) is 0 Å². The van der Waals surface area contributed by atoms with E-state index in [0.29, 0.717) is 0 Å². The summed E-state index contributed by atoms with van der Waals surface area (Å²) in [6.45, 7) is 9.30. The maximum Gasteiger partial charge on any atom is 0.0720 e. The van der Waals surface area contributed by atoms with Crippen LogP contribution in [0.15, 0.2) is 59.6 Å². The van der Waals surface area contributed by atoms with E-state index in [9.17, 15) is 0 Å². The van der Waals surface area contributed by atoms with Crippen LogP contribution in [0.1, 0.15) is 33.6 Å². The number of benzene rings is 1. The Balaban J connectivity index is 2.28. The molecule has 2 aromatic rings. The molecule has 1 saturated heterocycles. The molecule has 3 rings (SSSR count). The van der Waals surface area contributed by atoms with Gasteiger partial charge in [-0.2, -0.15) is 0 Å². The van der Waals surface area contributed by atoms with Crippen molar-refractivity contribution in [2.45, 2.75) is 38.8 Å². The van der Waals surface area contributed by atoms with Crippen LogP contribution in [0.2, 0.25) is 0 Å². The Bertz CT molecular complexity index is 684. The average Bonchev–Trinajstić information content (AvgIpc) is 3.08. The molecule has 0 radical (unpaired) electrons. The van der Waals surface area contributed by atoms with Gasteiger partial charge in [-0.15, -0.1) is 0 Å². The van der Waals surface area contributed by atoms with E-state index in [-0.39, 0.29) is 5.16 Å². The van der Waals surface area contributed by atoms with E-state index in [0.717, 1.165) is 18.8 Å². The van der Waals surface area contributed by atoms with Gasteiger partial charge in [-0.1, -0.05) is 39.0 Å². The lowest BCUT2D eigenvalue weighted by Crippen LogP contribution is -2.35. The molecule has 0 N–H and O–H groups in total. The summed E-state index contributed by atoms with van der Waals surface area (Å²) >= 11 is 0. The first-order valence-electron chi connectivity index (χ1n) is 8.37. The molecule has 1 aliphatic heterocycles. The van der Waals surface area contributed by atoms with Crippen molar-refractivity contribution in [2.75, 3.05) is 13.1 Å². The van der Waals surface area contributed by atoms with Gasteiger partial charge in [-0.25, -0.2) is 4.74 Å². The van der Waals surface area contributed by atoms with Crippen molar-refractivity contribution < 1.29 is 0 Å². The molecule has 1 fully saturated rings. The quantitative estimate of drug-likeness (QED) is 0.738. The fraction of sp³-hybridized carbons (Fsp3) is 0.421. The van der Waals surface area contributed by atoms with E-state index < -0.39 is 7.21 Å². The van der Waals surface area contributed by atoms with E-state index in [1.807, 2.05) is 12.4 Å². The third-order valence-corrected chi connectivity index (χ3v) is 9.09. The summed E-state index contributed by atoms with van der Waals surface area (Å²) in [6.07, 6.45) is 6.36. The molecular formula is C19H26N3P. The van der Waals surface area contributed by atoms with Gasteiger partial charge in [0.25, 0.3) is 0 Å². The maximum absolute atomic E-state index is 5.42. The molecule has 1 aromatic carbocycles. The Morgan fingerprint density at radius 1 is 0.957 bits per heavy atom. The zero-order valence-corrected chi connectivity index (χ0v) is 15.2. The summed E-state index contributed by atoms with van der Waals surface area (Å²) in [5.41, 5.74) is 1.08. The largest absolute Gasteiger partial charge is 0.265 e. The molecule has 1 unspecified atom stereocenters. The lowest BCUT2D eigenvalue weighted by Gasteiger charge is -2.43. The highest BCUT2D eigenvalue weighted by Crippen LogP contribution is 2.64. The monoisotopic (exact) mass is 327 g/mol. The number of rotatable bonds is 3. The predicted molar refractivity (Wildman–Crippen MR) is 99.9 cm³/mol. The minimum atomic E-state index is -1.88. The van der Waals surface area contributed by atoms with Crippen molar-refractivity contribution in [3.63, 3.8) is 0 Å². The van der Waals surface area contributed by atoms with Gasteiger partial charge in [0.1, 0.15) is 0 Å². The van der Waals surface area contributed by atoms with Crippen LogP contribution in [0.3, 0.4) is 0 Å². The van der Waals surface area contributed by atoms with Gasteiger partial charge in [0, 0.05) is 35.9 Å². The molecule has 1 atom stereocenters. The predicted octanol–water partition coefficient (Wildman–Crippen LogP) is 5.05. The molecule has 1 aliphatic rings. The van der Waals surface area contributed by atoms with E-state index in [4.69, 9.17) is 4.74 Å². The lowest BCUT2D eigenvalue weighted by molar-refractivity contribution is 0.538. The Kier molecular flexibility index (Phi) is 4.70. The van der Waals surface area contributed by atoms with Crippen molar-refractivity contribution in [3.05, 3.63) is 54.9 Å². The van der Waals surface area contributed by atoms with Gasteiger partial charge in [-0.3, -0.25) is 9.65 Å². The number of aromatic nitrogens is 1. The smallest absolute Gasteiger partial charge is 0.0720 e. The molecule has 23 heavy (non-hydrogen) atoms. The zero-order chi connectivity index (χ0) is 16.3. The van der Waals surface area contributed by atoms with E-state index in [2.05, 4.69) is 72.9 Å². The van der Waals surface area contributed by atoms with Crippen LogP contribution < -0.4 is 5.30 Å². The fourth-order valence-electron chi connectivity index (χ4n) is 3.45. The molecule has 0 bridgehead atoms. The second-order valence-electron chi connectivity index (χ2n) is 7.07. The summed E-state index contributed by atoms with van der Waals surface area (Å²) < 4.78 is 8.08. The molecule has 0 aliphatic carbocycles. The summed E-state index contributed by atoms with van der Waals surface area (Å²) in [5.74, 6) is 0. The standard InChI is InChI=1S/C19H26N3P/c1-19(2,3)23(22-15-7-8-16-22,18-11-13-20-14-12-18)21-17-9-5-4-6-10-17/h4-6,9-14H,7-8,15-16H2,1-3H3. The number of hydrogen-bond acceptors (Lipinski definition) is 2. The topological polar surface area (TPSA) is 28.5 Å². The Hall–Kier alpha value is -1.44. The van der Waals surface area contributed by atoms with Crippen LogP contribution in [0.4, 0.5) is 5.69 Å². The second kappa shape index (κ2) is 6.59. The minimum Gasteiger partial charge on any atom is -0.265 e. The first kappa shape index (κ1) is 16.4. The first-order chi connectivity index (χ1) is 11.0. The highest BCUT2D eigenvalue weighted by molar-refractivity contribution is 7.73. The molecule has 122 valence electrons. The Labute approximate surface area is 139 Å². The second-order valence-corrected chi connectivity index (χ2v) is 10.9. The normalized spacial score (nSPS) is 18.6. The molecule has 0 amide bonds. The molecular weight excluding hydrogens is 301 g/mol. The average molecular weight is 327 g/mol. The van der Waals surface area contributed by atoms with Gasteiger partial charge in [0.05, 0.1) is 12.9 Å². The van der Waals surface area contributed by atoms with Gasteiger partial charge < -0.3 is 0 Å². The van der Waals surface area contributed by atoms with E-state index in [1.54, 1.807) is 0 Å². The highest BCUT2D eigenvalue weighted by Gasteiger charge is 2.41. The van der Waals surface area contributed by atoms with Gasteiger partial charge in [-0.05, 0) is 37.1 Å². The third-order valence-electron chi connectivity index (χ3n) is 4.47. The van der Waals surface area contributed by atoms with Crippen molar-refractivity contribution in [1.82, 2.24) is 9.65 Å². The van der Waals surface area contributed by atoms with Crippen molar-refractivity contribution in [1.29, 1.82) is 0 Å². The molecule has 3 nitrogen and oxygen atoms in total. The van der Waals surface area contributed by atoms with Crippen LogP contribution in [-0.4, -0.2) is 27.9 Å². The van der Waals surface area contributed by atoms with Crippen LogP contribution in [0, 0.1) is 0 Å². The summed E-state index contributed by atoms with van der Waals surface area (Å²) in [5, 5.41) is 1.42. The van der Waals surface area contributed by atoms with Crippen LogP contribution >= 0.6 is 7.21 Å². The fourth-order valence-corrected chi connectivity index (χ4v) is 7.82. The molecule has 1 aromatic heterocycles. The minimum absolute atomic E-state index is 0.0779. The SMILES string of the molecule is CC(C)(C)P(=Nc1ccccc1)(c1ccncc1)N1CCCC1. The number of hydrogen-bond donors (Lipinski definition) is 0. The lowest BCUT2D eigenvalue weighted by atomic mass is 10.3. The van der Waals surface area contributed by atoms with Crippen LogP contribution in [0.25, 0.3) is 0 Å². The summed E-state index contributed by atoms with van der Waals surface area (Å²) in [4.78, 5) is 4.23. The van der Waals surface area contributed by atoms with Crippen molar-refractivity contribution >= 4 is 18.2 Å². The zero-order valence-electron chi connectivity index (χ0n) is 14.3. The summed E-state index contributed by atoms with van der Waals surface area (Å²) in [6, 6.07) is 14.8. The molecule has 4 heteroatoms. The molecule has 0 spiro atoms. The van der Waals surface area contributed by atoms with Gasteiger partial charge in [0.15, 0.2) is 0 Å². The summed E-state index contributed by atoms with van der Waals surface area (Å²) in [7, 11) is -1.88. The number of pyridine rings is 1. The van der Waals surface area contributed by atoms with Gasteiger partial charge in [0.2, 0.25) is 0 Å². The van der Waals surface area contributed by atoms with E-state index in [1.165, 1.54) is 18.1 Å². The van der Waals surface area contributed by atoms with Crippen molar-refractivity contribution in [2.24, 2.45) is 4.74 Å². The first-order valence-corrected chi connectivity index (χ1v) is 10.1. The maximum atomic E-state index is 5.42. The van der Waals surface area contributed by atoms with Gasteiger partial charge >= 0.3 is 0 Å². The Morgan fingerprint density at radius 2 is 1.57 bits per heavy atom. The molecule has 0 saturated carbocycles. The highest BCUT2D eigenvalue weighted by atomic mass is 31.2. The van der Waals surface area contributed by atoms with E-state index >= 15 is 0 Å². The number of nitrogens with zero attached hydrogens (tertiary/aromatic N) is 3. The molecule has 2 heterocycles.